The highest BCUT2D eigenvalue weighted by Gasteiger charge is 2.35. The molecular formula is C22H26N4O2. The summed E-state index contributed by atoms with van der Waals surface area (Å²) < 4.78 is 1.41. The molecule has 6 nitrogen and oxygen atoms in total. The Balaban J connectivity index is 1.34. The first-order chi connectivity index (χ1) is 13.6. The zero-order valence-corrected chi connectivity index (χ0v) is 16.0. The third-order valence-corrected chi connectivity index (χ3v) is 6.09. The van der Waals surface area contributed by atoms with Gasteiger partial charge in [-0.15, -0.1) is 0 Å². The molecule has 146 valence electrons. The highest BCUT2D eigenvalue weighted by Crippen LogP contribution is 2.39. The molecule has 0 unspecified atom stereocenters. The van der Waals surface area contributed by atoms with Crippen LogP contribution in [0, 0.1) is 17.3 Å². The Morgan fingerprint density at radius 3 is 2.36 bits per heavy atom. The van der Waals surface area contributed by atoms with Gasteiger partial charge >= 0.3 is 5.69 Å². The summed E-state index contributed by atoms with van der Waals surface area (Å²) in [6.45, 7) is 5.42. The largest absolute Gasteiger partial charge is 0.332 e. The zero-order valence-electron chi connectivity index (χ0n) is 16.0. The van der Waals surface area contributed by atoms with Gasteiger partial charge in [0, 0.05) is 17.8 Å². The van der Waals surface area contributed by atoms with E-state index in [1.165, 1.54) is 55.6 Å². The number of rotatable bonds is 2. The van der Waals surface area contributed by atoms with Crippen molar-refractivity contribution < 1.29 is 0 Å². The van der Waals surface area contributed by atoms with E-state index in [0.717, 1.165) is 25.2 Å². The molecule has 0 aliphatic carbocycles. The van der Waals surface area contributed by atoms with E-state index in [1.807, 2.05) is 24.3 Å². The molecule has 1 aromatic carbocycles. The van der Waals surface area contributed by atoms with Crippen LogP contribution in [0.1, 0.15) is 31.2 Å². The molecule has 0 atom stereocenters. The Kier molecular flexibility index (Phi) is 5.47. The lowest BCUT2D eigenvalue weighted by atomic mass is 9.71. The van der Waals surface area contributed by atoms with Crippen LogP contribution in [0.4, 0.5) is 0 Å². The van der Waals surface area contributed by atoms with Crippen LogP contribution in [0.3, 0.4) is 0 Å². The molecule has 2 saturated heterocycles. The molecule has 3 heterocycles. The van der Waals surface area contributed by atoms with Gasteiger partial charge in [-0.05, 0) is 81.5 Å². The van der Waals surface area contributed by atoms with Crippen molar-refractivity contribution in [1.29, 1.82) is 0 Å². The number of H-pyrrole nitrogens is 1. The molecule has 28 heavy (non-hydrogen) atoms. The highest BCUT2D eigenvalue weighted by molar-refractivity contribution is 5.41. The summed E-state index contributed by atoms with van der Waals surface area (Å²) in [5.74, 6) is 6.51. The lowest BCUT2D eigenvalue weighted by molar-refractivity contribution is 0.0812. The van der Waals surface area contributed by atoms with E-state index in [1.54, 1.807) is 0 Å². The molecule has 0 saturated carbocycles. The van der Waals surface area contributed by atoms with E-state index in [0.29, 0.717) is 11.1 Å². The van der Waals surface area contributed by atoms with Crippen molar-refractivity contribution in [3.63, 3.8) is 0 Å². The van der Waals surface area contributed by atoms with Crippen LogP contribution >= 0.6 is 0 Å². The minimum Gasteiger partial charge on any atom is -0.317 e. The lowest BCUT2D eigenvalue weighted by Gasteiger charge is -2.44. The fraction of sp³-hybridized carbons (Fsp3) is 0.455. The van der Waals surface area contributed by atoms with Crippen molar-refractivity contribution in [3.05, 3.63) is 62.9 Å². The minimum absolute atomic E-state index is 0.396. The molecule has 2 fully saturated rings. The first-order valence-corrected chi connectivity index (χ1v) is 9.98. The van der Waals surface area contributed by atoms with Crippen LogP contribution in [-0.2, 0) is 0 Å². The number of benzene rings is 1. The SMILES string of the molecule is O=c1ccn(-c2ccc(C#CCN3CCC4(CCNCC4)CC3)cc2)c(=O)[nH]1. The number of nitrogens with one attached hydrogen (secondary N) is 2. The quantitative estimate of drug-likeness (QED) is 0.774. The van der Waals surface area contributed by atoms with Gasteiger partial charge in [-0.25, -0.2) is 4.79 Å². The van der Waals surface area contributed by atoms with Crippen molar-refractivity contribution >= 4 is 0 Å². The van der Waals surface area contributed by atoms with Gasteiger partial charge in [-0.1, -0.05) is 11.8 Å². The van der Waals surface area contributed by atoms with Crippen LogP contribution in [-0.4, -0.2) is 47.2 Å². The first-order valence-electron chi connectivity index (χ1n) is 9.98. The van der Waals surface area contributed by atoms with Gasteiger partial charge in [0.1, 0.15) is 0 Å². The Hall–Kier alpha value is -2.62. The van der Waals surface area contributed by atoms with E-state index in [4.69, 9.17) is 0 Å². The molecule has 0 bridgehead atoms. The zero-order chi connectivity index (χ0) is 19.4. The Morgan fingerprint density at radius 2 is 1.68 bits per heavy atom. The molecular weight excluding hydrogens is 352 g/mol. The summed E-state index contributed by atoms with van der Waals surface area (Å²) >= 11 is 0. The third-order valence-electron chi connectivity index (χ3n) is 6.09. The third kappa shape index (κ3) is 4.27. The monoisotopic (exact) mass is 378 g/mol. The number of nitrogens with zero attached hydrogens (tertiary/aromatic N) is 2. The number of piperidine rings is 2. The van der Waals surface area contributed by atoms with Crippen molar-refractivity contribution in [1.82, 2.24) is 19.8 Å². The summed E-state index contributed by atoms with van der Waals surface area (Å²) in [5.41, 5.74) is 1.36. The molecule has 6 heteroatoms. The average Bonchev–Trinajstić information content (AvgIpc) is 2.71. The second-order valence-corrected chi connectivity index (χ2v) is 7.85. The summed E-state index contributed by atoms with van der Waals surface area (Å²) in [7, 11) is 0. The smallest absolute Gasteiger partial charge is 0.317 e. The van der Waals surface area contributed by atoms with E-state index in [9.17, 15) is 9.59 Å². The maximum atomic E-state index is 11.9. The Labute approximate surface area is 164 Å². The van der Waals surface area contributed by atoms with Gasteiger partial charge < -0.3 is 5.32 Å². The molecule has 2 aliphatic heterocycles. The molecule has 4 rings (SSSR count). The van der Waals surface area contributed by atoms with Crippen LogP contribution in [0.5, 0.6) is 0 Å². The standard InChI is InChI=1S/C22H26N4O2/c27-20-7-15-26(21(28)24-20)19-5-3-18(4-6-19)2-1-14-25-16-10-22(11-17-25)8-12-23-13-9-22/h3-7,15,23H,8-14,16-17H2,(H,24,27,28). The van der Waals surface area contributed by atoms with Crippen molar-refractivity contribution in [2.24, 2.45) is 5.41 Å². The van der Waals surface area contributed by atoms with E-state index in [-0.39, 0.29) is 0 Å². The second-order valence-electron chi connectivity index (χ2n) is 7.85. The van der Waals surface area contributed by atoms with E-state index in [2.05, 4.69) is 27.0 Å². The van der Waals surface area contributed by atoms with Gasteiger partial charge in [0.2, 0.25) is 0 Å². The van der Waals surface area contributed by atoms with Gasteiger partial charge in [0.05, 0.1) is 12.2 Å². The molecule has 1 aromatic heterocycles. The van der Waals surface area contributed by atoms with Crippen LogP contribution in [0.2, 0.25) is 0 Å². The molecule has 0 radical (unpaired) electrons. The number of aromatic amines is 1. The summed E-state index contributed by atoms with van der Waals surface area (Å²) in [6.07, 6.45) is 6.69. The molecule has 2 aromatic rings. The van der Waals surface area contributed by atoms with E-state index >= 15 is 0 Å². The summed E-state index contributed by atoms with van der Waals surface area (Å²) in [5, 5.41) is 3.47. The number of hydrogen-bond donors (Lipinski definition) is 2. The summed E-state index contributed by atoms with van der Waals surface area (Å²) in [6, 6.07) is 8.82. The van der Waals surface area contributed by atoms with Gasteiger partial charge in [-0.2, -0.15) is 0 Å². The highest BCUT2D eigenvalue weighted by atomic mass is 16.2. The molecule has 2 N–H and O–H groups in total. The Morgan fingerprint density at radius 1 is 0.964 bits per heavy atom. The second kappa shape index (κ2) is 8.17. The van der Waals surface area contributed by atoms with Crippen molar-refractivity contribution in [2.75, 3.05) is 32.7 Å². The normalized spacial score (nSPS) is 19.1. The van der Waals surface area contributed by atoms with Crippen molar-refractivity contribution in [3.8, 4) is 17.5 Å². The number of likely N-dealkylation sites (tertiary alicyclic amines) is 1. The lowest BCUT2D eigenvalue weighted by Crippen LogP contribution is -2.45. The van der Waals surface area contributed by atoms with Gasteiger partial charge in [0.25, 0.3) is 5.56 Å². The van der Waals surface area contributed by atoms with Crippen LogP contribution in [0.15, 0.2) is 46.1 Å². The number of aromatic nitrogens is 2. The maximum absolute atomic E-state index is 11.9. The van der Waals surface area contributed by atoms with Crippen LogP contribution in [0.25, 0.3) is 5.69 Å². The number of hydrogen-bond acceptors (Lipinski definition) is 4. The Bertz CT molecular complexity index is 978. The topological polar surface area (TPSA) is 70.1 Å². The van der Waals surface area contributed by atoms with Gasteiger partial charge in [-0.3, -0.25) is 19.2 Å². The maximum Gasteiger partial charge on any atom is 0.332 e. The predicted molar refractivity (Wildman–Crippen MR) is 110 cm³/mol. The molecule has 0 amide bonds. The average molecular weight is 378 g/mol. The molecule has 1 spiro atoms. The van der Waals surface area contributed by atoms with Gasteiger partial charge in [0.15, 0.2) is 0 Å². The first kappa shape index (κ1) is 18.7. The van der Waals surface area contributed by atoms with E-state index < -0.39 is 11.2 Å². The predicted octanol–water partition coefficient (Wildman–Crippen LogP) is 1.34. The fourth-order valence-electron chi connectivity index (χ4n) is 4.22. The summed E-state index contributed by atoms with van der Waals surface area (Å²) in [4.78, 5) is 27.7. The minimum atomic E-state index is -0.442. The fourth-order valence-corrected chi connectivity index (χ4v) is 4.22. The van der Waals surface area contributed by atoms with Crippen LogP contribution < -0.4 is 16.6 Å². The van der Waals surface area contributed by atoms with Crippen molar-refractivity contribution in [2.45, 2.75) is 25.7 Å². The molecule has 2 aliphatic rings.